The van der Waals surface area contributed by atoms with E-state index >= 15 is 0 Å². The molecule has 5 heteroatoms. The van der Waals surface area contributed by atoms with Crippen LogP contribution in [0.25, 0.3) is 0 Å². The average Bonchev–Trinajstić information content (AvgIpc) is 2.87. The number of amides is 1. The van der Waals surface area contributed by atoms with Crippen molar-refractivity contribution < 1.29 is 4.79 Å². The Kier molecular flexibility index (Phi) is 3.81. The summed E-state index contributed by atoms with van der Waals surface area (Å²) in [4.78, 5) is 18.3. The van der Waals surface area contributed by atoms with E-state index in [1.54, 1.807) is 18.5 Å². The highest BCUT2D eigenvalue weighted by Crippen LogP contribution is 2.26. The summed E-state index contributed by atoms with van der Waals surface area (Å²) in [7, 11) is 0. The van der Waals surface area contributed by atoms with E-state index in [9.17, 15) is 4.79 Å². The van der Waals surface area contributed by atoms with Gasteiger partial charge in [0.2, 0.25) is 0 Å². The number of hydrazine groups is 1. The first-order chi connectivity index (χ1) is 8.63. The van der Waals surface area contributed by atoms with Gasteiger partial charge in [-0.05, 0) is 24.3 Å². The van der Waals surface area contributed by atoms with Crippen LogP contribution in [-0.4, -0.2) is 28.9 Å². The van der Waals surface area contributed by atoms with E-state index in [2.05, 4.69) is 24.3 Å². The average molecular weight is 248 g/mol. The molecule has 1 aromatic heterocycles. The zero-order valence-electron chi connectivity index (χ0n) is 10.9. The van der Waals surface area contributed by atoms with Gasteiger partial charge in [-0.1, -0.05) is 13.8 Å². The van der Waals surface area contributed by atoms with Crippen LogP contribution in [0.15, 0.2) is 18.5 Å². The molecular weight excluding hydrogens is 228 g/mol. The molecule has 0 saturated carbocycles. The lowest BCUT2D eigenvalue weighted by atomic mass is 9.95. The molecule has 0 aliphatic carbocycles. The largest absolute Gasteiger partial charge is 0.338 e. The molecule has 98 valence electrons. The molecule has 5 nitrogen and oxygen atoms in total. The number of anilines is 1. The van der Waals surface area contributed by atoms with Gasteiger partial charge < -0.3 is 10.3 Å². The molecule has 0 spiro atoms. The highest BCUT2D eigenvalue weighted by molar-refractivity contribution is 5.99. The first-order valence-corrected chi connectivity index (χ1v) is 6.33. The topological polar surface area (TPSA) is 71.2 Å². The van der Waals surface area contributed by atoms with Gasteiger partial charge in [0.05, 0.1) is 11.3 Å². The van der Waals surface area contributed by atoms with Crippen molar-refractivity contribution in [2.75, 3.05) is 18.5 Å². The van der Waals surface area contributed by atoms with Crippen LogP contribution in [0.3, 0.4) is 0 Å². The van der Waals surface area contributed by atoms with Gasteiger partial charge in [0.15, 0.2) is 0 Å². The number of pyridine rings is 1. The molecule has 2 heterocycles. The van der Waals surface area contributed by atoms with E-state index in [-0.39, 0.29) is 5.91 Å². The second-order valence-electron chi connectivity index (χ2n) is 5.11. The minimum absolute atomic E-state index is 0.0131. The predicted molar refractivity (Wildman–Crippen MR) is 70.9 cm³/mol. The number of aromatic nitrogens is 1. The highest BCUT2D eigenvalue weighted by atomic mass is 16.2. The van der Waals surface area contributed by atoms with Gasteiger partial charge in [-0.25, -0.2) is 0 Å². The van der Waals surface area contributed by atoms with Gasteiger partial charge in [-0.15, -0.1) is 0 Å². The van der Waals surface area contributed by atoms with Crippen LogP contribution in [0, 0.1) is 11.8 Å². The third kappa shape index (κ3) is 2.46. The zero-order chi connectivity index (χ0) is 13.1. The number of hydrogen-bond acceptors (Lipinski definition) is 4. The summed E-state index contributed by atoms with van der Waals surface area (Å²) in [6.07, 6.45) is 4.27. The lowest BCUT2D eigenvalue weighted by Gasteiger charge is -2.19. The quantitative estimate of drug-likeness (QED) is 0.628. The maximum Gasteiger partial charge on any atom is 0.257 e. The molecule has 1 aliphatic rings. The van der Waals surface area contributed by atoms with Gasteiger partial charge >= 0.3 is 0 Å². The van der Waals surface area contributed by atoms with E-state index in [1.807, 2.05) is 4.90 Å². The van der Waals surface area contributed by atoms with Crippen molar-refractivity contribution in [3.8, 4) is 0 Å². The first-order valence-electron chi connectivity index (χ1n) is 6.33. The van der Waals surface area contributed by atoms with Crippen LogP contribution in [-0.2, 0) is 0 Å². The van der Waals surface area contributed by atoms with Crippen molar-refractivity contribution >= 4 is 11.6 Å². The number of carbonyl (C=O) groups is 1. The lowest BCUT2D eigenvalue weighted by Crippen LogP contribution is -2.30. The second-order valence-corrected chi connectivity index (χ2v) is 5.11. The fourth-order valence-corrected chi connectivity index (χ4v) is 2.38. The van der Waals surface area contributed by atoms with Crippen LogP contribution in [0.4, 0.5) is 5.69 Å². The SMILES string of the molecule is CC(C)C1CCN(C(=O)c2cnccc2NN)C1. The molecule has 3 N–H and O–H groups in total. The second kappa shape index (κ2) is 5.35. The van der Waals surface area contributed by atoms with E-state index in [1.165, 1.54) is 0 Å². The molecular formula is C13H20N4O. The number of hydrogen-bond donors (Lipinski definition) is 2. The molecule has 1 aromatic rings. The van der Waals surface area contributed by atoms with E-state index in [0.717, 1.165) is 19.5 Å². The minimum atomic E-state index is 0.0131. The molecule has 1 unspecified atom stereocenters. The third-order valence-electron chi connectivity index (χ3n) is 3.66. The Morgan fingerprint density at radius 2 is 2.39 bits per heavy atom. The van der Waals surface area contributed by atoms with Crippen LogP contribution in [0.2, 0.25) is 0 Å². The fourth-order valence-electron chi connectivity index (χ4n) is 2.38. The molecule has 18 heavy (non-hydrogen) atoms. The normalized spacial score (nSPS) is 19.3. The maximum absolute atomic E-state index is 12.4. The Bertz CT molecular complexity index is 433. The Balaban J connectivity index is 2.13. The van der Waals surface area contributed by atoms with Crippen molar-refractivity contribution in [3.63, 3.8) is 0 Å². The number of nitrogen functional groups attached to an aromatic ring is 1. The summed E-state index contributed by atoms with van der Waals surface area (Å²) < 4.78 is 0. The monoisotopic (exact) mass is 248 g/mol. The van der Waals surface area contributed by atoms with Gasteiger partial charge in [-0.2, -0.15) is 0 Å². The van der Waals surface area contributed by atoms with E-state index in [0.29, 0.717) is 23.1 Å². The minimum Gasteiger partial charge on any atom is -0.338 e. The van der Waals surface area contributed by atoms with Crippen LogP contribution in [0.5, 0.6) is 0 Å². The Morgan fingerprint density at radius 3 is 3.00 bits per heavy atom. The van der Waals surface area contributed by atoms with Gasteiger partial charge in [0.1, 0.15) is 0 Å². The van der Waals surface area contributed by atoms with Crippen molar-refractivity contribution in [1.29, 1.82) is 0 Å². The summed E-state index contributed by atoms with van der Waals surface area (Å²) >= 11 is 0. The summed E-state index contributed by atoms with van der Waals surface area (Å²) in [5.41, 5.74) is 3.72. The standard InChI is InChI=1S/C13H20N4O/c1-9(2)10-4-6-17(8-10)13(18)11-7-15-5-3-12(11)16-14/h3,5,7,9-10H,4,6,8,14H2,1-2H3,(H,15,16). The fraction of sp³-hybridized carbons (Fsp3) is 0.538. The summed E-state index contributed by atoms with van der Waals surface area (Å²) in [6, 6.07) is 1.71. The lowest BCUT2D eigenvalue weighted by molar-refractivity contribution is 0.0784. The predicted octanol–water partition coefficient (Wildman–Crippen LogP) is 1.49. The highest BCUT2D eigenvalue weighted by Gasteiger charge is 2.29. The zero-order valence-corrected chi connectivity index (χ0v) is 10.9. The van der Waals surface area contributed by atoms with Crippen molar-refractivity contribution in [2.24, 2.45) is 17.7 Å². The van der Waals surface area contributed by atoms with E-state index in [4.69, 9.17) is 5.84 Å². The van der Waals surface area contributed by atoms with Crippen molar-refractivity contribution in [2.45, 2.75) is 20.3 Å². The maximum atomic E-state index is 12.4. The Morgan fingerprint density at radius 1 is 1.61 bits per heavy atom. The third-order valence-corrected chi connectivity index (χ3v) is 3.66. The van der Waals surface area contributed by atoms with Crippen LogP contribution >= 0.6 is 0 Å². The van der Waals surface area contributed by atoms with E-state index < -0.39 is 0 Å². The molecule has 1 fully saturated rings. The summed E-state index contributed by atoms with van der Waals surface area (Å²) in [6.45, 7) is 6.06. The molecule has 0 aromatic carbocycles. The van der Waals surface area contributed by atoms with Gasteiger partial charge in [0.25, 0.3) is 5.91 Å². The molecule has 0 radical (unpaired) electrons. The number of carbonyl (C=O) groups excluding carboxylic acids is 1. The molecule has 2 rings (SSSR count). The summed E-state index contributed by atoms with van der Waals surface area (Å²) in [5, 5.41) is 0. The molecule has 1 atom stereocenters. The van der Waals surface area contributed by atoms with Crippen LogP contribution < -0.4 is 11.3 Å². The Hall–Kier alpha value is -1.62. The molecule has 1 amide bonds. The number of likely N-dealkylation sites (tertiary alicyclic amines) is 1. The first kappa shape index (κ1) is 12.8. The molecule has 1 saturated heterocycles. The number of rotatable bonds is 3. The van der Waals surface area contributed by atoms with Crippen molar-refractivity contribution in [1.82, 2.24) is 9.88 Å². The van der Waals surface area contributed by atoms with Crippen LogP contribution in [0.1, 0.15) is 30.6 Å². The number of nitrogens with two attached hydrogens (primary N) is 1. The molecule has 0 bridgehead atoms. The Labute approximate surface area is 107 Å². The van der Waals surface area contributed by atoms with Crippen molar-refractivity contribution in [3.05, 3.63) is 24.0 Å². The number of nitrogens with zero attached hydrogens (tertiary/aromatic N) is 2. The smallest absolute Gasteiger partial charge is 0.257 e. The van der Waals surface area contributed by atoms with Gasteiger partial charge in [0, 0.05) is 25.5 Å². The summed E-state index contributed by atoms with van der Waals surface area (Å²) in [5.74, 6) is 6.64. The number of nitrogens with one attached hydrogen (secondary N) is 1. The molecule has 1 aliphatic heterocycles. The van der Waals surface area contributed by atoms with Gasteiger partial charge in [-0.3, -0.25) is 15.6 Å².